The molecule has 0 saturated carbocycles. The van der Waals surface area contributed by atoms with Gasteiger partial charge < -0.3 is 5.32 Å². The Kier molecular flexibility index (Phi) is 6.88. The van der Waals surface area contributed by atoms with E-state index in [1.165, 1.54) is 11.8 Å². The van der Waals surface area contributed by atoms with E-state index in [0.717, 1.165) is 22.2 Å². The molecule has 8 nitrogen and oxygen atoms in total. The molecular weight excluding hydrogens is 398 g/mol. The number of hydrogen-bond acceptors (Lipinski definition) is 7. The van der Waals surface area contributed by atoms with Crippen LogP contribution in [0.25, 0.3) is 11.4 Å². The van der Waals surface area contributed by atoms with Crippen molar-refractivity contribution >= 4 is 40.6 Å². The van der Waals surface area contributed by atoms with Crippen molar-refractivity contribution < 1.29 is 14.4 Å². The molecule has 1 aliphatic heterocycles. The molecule has 1 fully saturated rings. The van der Waals surface area contributed by atoms with Gasteiger partial charge in [-0.15, -0.1) is 16.8 Å². The summed E-state index contributed by atoms with van der Waals surface area (Å²) in [5.41, 5.74) is 0.936. The fraction of sp³-hybridized carbons (Fsp3) is 0.278. The number of thioether (sulfide) groups is 2. The number of carbonyl (C=O) groups is 3. The first-order valence-electron chi connectivity index (χ1n) is 8.56. The van der Waals surface area contributed by atoms with E-state index in [1.54, 1.807) is 6.08 Å². The molecule has 2 heterocycles. The molecule has 1 N–H and O–H groups in total. The van der Waals surface area contributed by atoms with Gasteiger partial charge in [0.1, 0.15) is 0 Å². The zero-order chi connectivity index (χ0) is 19.9. The van der Waals surface area contributed by atoms with Crippen molar-refractivity contribution in [2.24, 2.45) is 0 Å². The molecule has 1 aromatic carbocycles. The Morgan fingerprint density at radius 1 is 1.29 bits per heavy atom. The maximum atomic E-state index is 12.1. The number of nitrogens with one attached hydrogen (secondary N) is 1. The van der Waals surface area contributed by atoms with Crippen LogP contribution in [0.5, 0.6) is 0 Å². The Bertz CT molecular complexity index is 869. The van der Waals surface area contributed by atoms with E-state index in [1.807, 2.05) is 34.9 Å². The van der Waals surface area contributed by atoms with Gasteiger partial charge in [0.25, 0.3) is 5.24 Å². The van der Waals surface area contributed by atoms with Crippen LogP contribution in [0, 0.1) is 0 Å². The second-order valence-corrected chi connectivity index (χ2v) is 7.68. The third-order valence-corrected chi connectivity index (χ3v) is 5.72. The van der Waals surface area contributed by atoms with E-state index in [0.29, 0.717) is 17.5 Å². The topological polar surface area (TPSA) is 97.2 Å². The van der Waals surface area contributed by atoms with Crippen LogP contribution in [0.2, 0.25) is 0 Å². The smallest absolute Gasteiger partial charge is 0.288 e. The van der Waals surface area contributed by atoms with Gasteiger partial charge in [0.05, 0.1) is 11.5 Å². The number of nitrogens with zero attached hydrogens (tertiary/aromatic N) is 4. The lowest BCUT2D eigenvalue weighted by molar-refractivity contribution is -0.125. The summed E-state index contributed by atoms with van der Waals surface area (Å²) >= 11 is 2.25. The molecule has 0 atom stereocenters. The standard InChI is InChI=1S/C18H19N5O3S2/c1-2-9-23-16(13-6-4-3-5-7-13)20-21-17(23)27-11-14(24)19-8-10-22-15(25)12-28-18(22)26/h2-7H,1,8-12H2,(H,19,24). The van der Waals surface area contributed by atoms with Crippen LogP contribution in [-0.4, -0.2) is 61.3 Å². The van der Waals surface area contributed by atoms with E-state index >= 15 is 0 Å². The second-order valence-electron chi connectivity index (χ2n) is 5.81. The molecule has 2 aromatic rings. The van der Waals surface area contributed by atoms with Gasteiger partial charge in [-0.1, -0.05) is 59.9 Å². The van der Waals surface area contributed by atoms with E-state index in [9.17, 15) is 14.4 Å². The molecule has 1 aromatic heterocycles. The number of allylic oxidation sites excluding steroid dienone is 1. The van der Waals surface area contributed by atoms with Crippen molar-refractivity contribution in [3.63, 3.8) is 0 Å². The molecule has 0 radical (unpaired) electrons. The number of benzene rings is 1. The van der Waals surface area contributed by atoms with Gasteiger partial charge in [0, 0.05) is 25.2 Å². The third kappa shape index (κ3) is 4.82. The molecule has 0 bridgehead atoms. The van der Waals surface area contributed by atoms with Gasteiger partial charge in [-0.2, -0.15) is 0 Å². The van der Waals surface area contributed by atoms with Crippen molar-refractivity contribution in [2.75, 3.05) is 24.6 Å². The highest BCUT2D eigenvalue weighted by molar-refractivity contribution is 8.14. The van der Waals surface area contributed by atoms with Crippen LogP contribution in [-0.2, 0) is 16.1 Å². The average Bonchev–Trinajstić information content (AvgIpc) is 3.25. The molecule has 0 unspecified atom stereocenters. The predicted molar refractivity (Wildman–Crippen MR) is 109 cm³/mol. The Balaban J connectivity index is 1.54. The molecule has 3 amide bonds. The molecular formula is C18H19N5O3S2. The first kappa shape index (κ1) is 20.2. The summed E-state index contributed by atoms with van der Waals surface area (Å²) in [4.78, 5) is 36.3. The fourth-order valence-electron chi connectivity index (χ4n) is 2.58. The molecule has 1 aliphatic rings. The molecule has 3 rings (SSSR count). The van der Waals surface area contributed by atoms with Gasteiger partial charge in [0.15, 0.2) is 11.0 Å². The normalized spacial score (nSPS) is 13.8. The van der Waals surface area contributed by atoms with Crippen LogP contribution in [0.15, 0.2) is 48.1 Å². The number of hydrogen-bond donors (Lipinski definition) is 1. The summed E-state index contributed by atoms with van der Waals surface area (Å²) in [6.07, 6.45) is 1.75. The minimum atomic E-state index is -0.264. The lowest BCUT2D eigenvalue weighted by atomic mass is 10.2. The first-order chi connectivity index (χ1) is 13.6. The molecule has 28 heavy (non-hydrogen) atoms. The highest BCUT2D eigenvalue weighted by Gasteiger charge is 2.29. The van der Waals surface area contributed by atoms with Crippen molar-refractivity contribution in [3.05, 3.63) is 43.0 Å². The summed E-state index contributed by atoms with van der Waals surface area (Å²) in [7, 11) is 0. The minimum absolute atomic E-state index is 0.153. The lowest BCUT2D eigenvalue weighted by Crippen LogP contribution is -2.38. The van der Waals surface area contributed by atoms with E-state index in [2.05, 4.69) is 22.1 Å². The SMILES string of the molecule is C=CCn1c(SCC(=O)NCCN2C(=O)CSC2=O)nnc1-c1ccccc1. The minimum Gasteiger partial charge on any atom is -0.354 e. The van der Waals surface area contributed by atoms with Gasteiger partial charge >= 0.3 is 0 Å². The number of imide groups is 1. The zero-order valence-electron chi connectivity index (χ0n) is 15.0. The highest BCUT2D eigenvalue weighted by Crippen LogP contribution is 2.24. The summed E-state index contributed by atoms with van der Waals surface area (Å²) < 4.78 is 1.90. The monoisotopic (exact) mass is 417 g/mol. The maximum absolute atomic E-state index is 12.1. The van der Waals surface area contributed by atoms with Crippen LogP contribution >= 0.6 is 23.5 Å². The first-order valence-corrected chi connectivity index (χ1v) is 10.5. The summed E-state index contributed by atoms with van der Waals surface area (Å²) in [5.74, 6) is 0.620. The molecule has 0 aliphatic carbocycles. The van der Waals surface area contributed by atoms with Gasteiger partial charge in [-0.05, 0) is 0 Å². The Labute approximate surface area is 170 Å². The number of carbonyl (C=O) groups excluding carboxylic acids is 3. The Morgan fingerprint density at radius 3 is 2.75 bits per heavy atom. The van der Waals surface area contributed by atoms with Gasteiger partial charge in [-0.25, -0.2) is 0 Å². The Morgan fingerprint density at radius 2 is 2.07 bits per heavy atom. The number of rotatable bonds is 9. The highest BCUT2D eigenvalue weighted by atomic mass is 32.2. The average molecular weight is 418 g/mol. The molecule has 10 heteroatoms. The molecule has 146 valence electrons. The van der Waals surface area contributed by atoms with Crippen molar-refractivity contribution in [1.29, 1.82) is 0 Å². The Hall–Kier alpha value is -2.59. The summed E-state index contributed by atoms with van der Waals surface area (Å²) in [5, 5.41) is 11.5. The molecule has 0 spiro atoms. The van der Waals surface area contributed by atoms with E-state index < -0.39 is 0 Å². The van der Waals surface area contributed by atoms with Crippen LogP contribution in [0.4, 0.5) is 4.79 Å². The van der Waals surface area contributed by atoms with Crippen molar-refractivity contribution in [3.8, 4) is 11.4 Å². The molecule has 1 saturated heterocycles. The maximum Gasteiger partial charge on any atom is 0.288 e. The van der Waals surface area contributed by atoms with Gasteiger partial charge in [0.2, 0.25) is 11.8 Å². The largest absolute Gasteiger partial charge is 0.354 e. The van der Waals surface area contributed by atoms with Crippen molar-refractivity contribution in [1.82, 2.24) is 25.0 Å². The second kappa shape index (κ2) is 9.56. The summed E-state index contributed by atoms with van der Waals surface area (Å²) in [6.45, 7) is 4.71. The van der Waals surface area contributed by atoms with Crippen LogP contribution in [0.1, 0.15) is 0 Å². The van der Waals surface area contributed by atoms with E-state index in [4.69, 9.17) is 0 Å². The predicted octanol–water partition coefficient (Wildman–Crippen LogP) is 2.03. The number of aromatic nitrogens is 3. The fourth-order valence-corrected chi connectivity index (χ4v) is 4.10. The number of amides is 3. The van der Waals surface area contributed by atoms with Gasteiger partial charge in [-0.3, -0.25) is 23.9 Å². The van der Waals surface area contributed by atoms with Crippen LogP contribution in [0.3, 0.4) is 0 Å². The third-order valence-electron chi connectivity index (χ3n) is 3.89. The lowest BCUT2D eigenvalue weighted by Gasteiger charge is -2.13. The van der Waals surface area contributed by atoms with Crippen LogP contribution < -0.4 is 5.32 Å². The zero-order valence-corrected chi connectivity index (χ0v) is 16.7. The summed E-state index contributed by atoms with van der Waals surface area (Å²) in [6, 6.07) is 9.68. The van der Waals surface area contributed by atoms with E-state index in [-0.39, 0.29) is 41.6 Å². The quantitative estimate of drug-likeness (QED) is 0.492. The van der Waals surface area contributed by atoms with Crippen molar-refractivity contribution in [2.45, 2.75) is 11.7 Å².